The number of carbonyl (C=O) groups is 1. The molecule has 0 radical (unpaired) electrons. The van der Waals surface area contributed by atoms with Gasteiger partial charge in [-0.15, -0.1) is 0 Å². The Kier molecular flexibility index (Phi) is 8.49. The van der Waals surface area contributed by atoms with E-state index in [9.17, 15) is 9.59 Å². The third kappa shape index (κ3) is 5.18. The van der Waals surface area contributed by atoms with Gasteiger partial charge >= 0.3 is 5.97 Å². The Morgan fingerprint density at radius 1 is 1.10 bits per heavy atom. The maximum atomic E-state index is 13.9. The number of anilines is 1. The predicted octanol–water partition coefficient (Wildman–Crippen LogP) is 3.26. The Labute approximate surface area is 230 Å². The summed E-state index contributed by atoms with van der Waals surface area (Å²) < 4.78 is 29.9. The van der Waals surface area contributed by atoms with Gasteiger partial charge in [-0.2, -0.15) is 0 Å². The van der Waals surface area contributed by atoms with Crippen molar-refractivity contribution in [1.82, 2.24) is 4.57 Å². The van der Waals surface area contributed by atoms with Gasteiger partial charge < -0.3 is 28.3 Å². The number of benzene rings is 1. The first kappa shape index (κ1) is 28.0. The summed E-state index contributed by atoms with van der Waals surface area (Å²) in [6.07, 6.45) is 1.70. The van der Waals surface area contributed by atoms with E-state index >= 15 is 0 Å². The molecule has 4 rings (SSSR count). The van der Waals surface area contributed by atoms with Crippen molar-refractivity contribution in [3.8, 4) is 17.2 Å². The van der Waals surface area contributed by atoms with E-state index in [-0.39, 0.29) is 17.7 Å². The van der Waals surface area contributed by atoms with Crippen LogP contribution in [0, 0.1) is 0 Å². The summed E-state index contributed by atoms with van der Waals surface area (Å²) in [7, 11) is 4.53. The van der Waals surface area contributed by atoms with Crippen LogP contribution in [0.5, 0.6) is 17.2 Å². The summed E-state index contributed by atoms with van der Waals surface area (Å²) in [6.45, 7) is 9.35. The molecular weight excluding hydrogens is 522 g/mol. The molecule has 0 spiro atoms. The average Bonchev–Trinajstić information content (AvgIpc) is 3.51. The zero-order chi connectivity index (χ0) is 28.3. The number of allylic oxidation sites excluding steroid dienone is 1. The molecule has 3 heterocycles. The van der Waals surface area contributed by atoms with Crippen molar-refractivity contribution in [2.45, 2.75) is 33.7 Å². The quantitative estimate of drug-likeness (QED) is 0.351. The number of aromatic nitrogens is 1. The first-order chi connectivity index (χ1) is 18.8. The van der Waals surface area contributed by atoms with Crippen molar-refractivity contribution in [1.29, 1.82) is 0 Å². The maximum Gasteiger partial charge on any atom is 0.338 e. The number of methoxy groups -OCH3 is 3. The highest BCUT2D eigenvalue weighted by Crippen LogP contribution is 2.42. The van der Waals surface area contributed by atoms with E-state index in [4.69, 9.17) is 23.4 Å². The molecule has 1 atom stereocenters. The van der Waals surface area contributed by atoms with Crippen LogP contribution in [0.1, 0.15) is 45.1 Å². The number of ether oxygens (including phenoxy) is 4. The molecule has 1 aromatic carbocycles. The molecule has 10 nitrogen and oxygen atoms in total. The first-order valence-electron chi connectivity index (χ1n) is 12.7. The largest absolute Gasteiger partial charge is 0.493 e. The molecule has 0 aliphatic carbocycles. The molecule has 0 saturated heterocycles. The average molecular weight is 556 g/mol. The zero-order valence-corrected chi connectivity index (χ0v) is 24.0. The Morgan fingerprint density at radius 3 is 2.33 bits per heavy atom. The van der Waals surface area contributed by atoms with E-state index in [1.165, 1.54) is 37.2 Å². The minimum Gasteiger partial charge on any atom is -0.493 e. The topological polar surface area (TPSA) is 105 Å². The summed E-state index contributed by atoms with van der Waals surface area (Å²) in [6, 6.07) is 6.34. The van der Waals surface area contributed by atoms with Gasteiger partial charge in [0.05, 0.1) is 49.8 Å². The number of furan rings is 1. The fourth-order valence-electron chi connectivity index (χ4n) is 4.62. The second kappa shape index (κ2) is 11.8. The Bertz CT molecular complexity index is 1550. The number of nitrogens with zero attached hydrogens (tertiary/aromatic N) is 3. The highest BCUT2D eigenvalue weighted by atomic mass is 32.1. The molecule has 11 heteroatoms. The highest BCUT2D eigenvalue weighted by Gasteiger charge is 2.34. The third-order valence-corrected chi connectivity index (χ3v) is 7.46. The van der Waals surface area contributed by atoms with Crippen molar-refractivity contribution in [3.63, 3.8) is 0 Å². The van der Waals surface area contributed by atoms with Gasteiger partial charge in [-0.05, 0) is 51.5 Å². The van der Waals surface area contributed by atoms with Crippen LogP contribution >= 0.6 is 11.3 Å². The number of rotatable bonds is 10. The zero-order valence-electron chi connectivity index (χ0n) is 23.2. The van der Waals surface area contributed by atoms with Crippen LogP contribution in [-0.4, -0.2) is 51.6 Å². The molecular formula is C28H33N3O7S. The van der Waals surface area contributed by atoms with Crippen molar-refractivity contribution in [3.05, 3.63) is 66.5 Å². The number of carbonyl (C=O) groups excluding carboxylic acids is 1. The van der Waals surface area contributed by atoms with Crippen LogP contribution < -0.4 is 34.0 Å². The lowest BCUT2D eigenvalue weighted by molar-refractivity contribution is -0.139. The molecule has 39 heavy (non-hydrogen) atoms. The Hall–Kier alpha value is -3.99. The summed E-state index contributed by atoms with van der Waals surface area (Å²) in [5.74, 6) is 1.92. The smallest absolute Gasteiger partial charge is 0.338 e. The van der Waals surface area contributed by atoms with Gasteiger partial charge in [0.25, 0.3) is 5.56 Å². The Morgan fingerprint density at radius 2 is 1.77 bits per heavy atom. The molecule has 0 bridgehead atoms. The van der Waals surface area contributed by atoms with Gasteiger partial charge in [-0.3, -0.25) is 9.36 Å². The second-order valence-electron chi connectivity index (χ2n) is 8.61. The van der Waals surface area contributed by atoms with E-state index in [1.54, 1.807) is 32.1 Å². The summed E-state index contributed by atoms with van der Waals surface area (Å²) in [5.41, 5.74) is 0.984. The molecule has 2 aromatic heterocycles. The molecule has 3 aromatic rings. The molecule has 0 fully saturated rings. The fourth-order valence-corrected chi connectivity index (χ4v) is 5.65. The molecule has 1 aliphatic rings. The van der Waals surface area contributed by atoms with Crippen LogP contribution in [0.25, 0.3) is 6.08 Å². The van der Waals surface area contributed by atoms with Gasteiger partial charge in [0.15, 0.2) is 22.2 Å². The molecule has 0 amide bonds. The van der Waals surface area contributed by atoms with Gasteiger partial charge in [-0.25, -0.2) is 9.79 Å². The molecule has 0 saturated carbocycles. The van der Waals surface area contributed by atoms with Gasteiger partial charge in [0.2, 0.25) is 5.75 Å². The van der Waals surface area contributed by atoms with E-state index in [2.05, 4.69) is 23.7 Å². The van der Waals surface area contributed by atoms with Crippen LogP contribution in [0.4, 0.5) is 5.88 Å². The first-order valence-corrected chi connectivity index (χ1v) is 13.5. The third-order valence-electron chi connectivity index (χ3n) is 6.48. The SMILES string of the molecule is CCOC(=O)C1=C(C)N=c2s/c(=C/c3ccc(N(CC)CC)o3)c(=O)n2[C@H]1c1cc(OC)c(OC)c(OC)c1. The minimum absolute atomic E-state index is 0.176. The lowest BCUT2D eigenvalue weighted by atomic mass is 9.95. The molecule has 0 N–H and O–H groups in total. The molecule has 208 valence electrons. The number of thiazole rings is 1. The van der Waals surface area contributed by atoms with E-state index in [1.807, 2.05) is 12.1 Å². The maximum absolute atomic E-state index is 13.9. The van der Waals surface area contributed by atoms with Crippen LogP contribution in [0.2, 0.25) is 0 Å². The highest BCUT2D eigenvalue weighted by molar-refractivity contribution is 7.07. The summed E-state index contributed by atoms with van der Waals surface area (Å²) in [4.78, 5) is 34.2. The predicted molar refractivity (Wildman–Crippen MR) is 149 cm³/mol. The van der Waals surface area contributed by atoms with Crippen LogP contribution in [0.3, 0.4) is 0 Å². The molecule has 1 aliphatic heterocycles. The number of esters is 1. The fraction of sp³-hybridized carbons (Fsp3) is 0.393. The van der Waals surface area contributed by atoms with Crippen molar-refractivity contribution >= 4 is 29.3 Å². The number of fused-ring (bicyclic) bond motifs is 1. The van der Waals surface area contributed by atoms with Crippen molar-refractivity contribution in [2.24, 2.45) is 4.99 Å². The van der Waals surface area contributed by atoms with Crippen molar-refractivity contribution in [2.75, 3.05) is 45.9 Å². The van der Waals surface area contributed by atoms with E-state index in [0.717, 1.165) is 19.0 Å². The van der Waals surface area contributed by atoms with Gasteiger partial charge in [0.1, 0.15) is 5.76 Å². The van der Waals surface area contributed by atoms with E-state index in [0.29, 0.717) is 43.6 Å². The standard InChI is InChI=1S/C28H33N3O7S/c1-8-30(9-2)22-12-11-18(38-22)15-21-26(32)31-24(17-13-19(34-5)25(36-7)20(14-17)35-6)23(27(33)37-10-3)16(4)29-28(31)39-21/h11-15,24H,8-10H2,1-7H3/b21-15+/t24-/m0/s1. The summed E-state index contributed by atoms with van der Waals surface area (Å²) >= 11 is 1.22. The van der Waals surface area contributed by atoms with Crippen molar-refractivity contribution < 1.29 is 28.2 Å². The normalized spacial score (nSPS) is 15.1. The van der Waals surface area contributed by atoms with E-state index < -0.39 is 12.0 Å². The lowest BCUT2D eigenvalue weighted by Gasteiger charge is -2.26. The summed E-state index contributed by atoms with van der Waals surface area (Å²) in [5, 5.41) is 0. The monoisotopic (exact) mass is 555 g/mol. The number of hydrogen-bond donors (Lipinski definition) is 0. The van der Waals surface area contributed by atoms with Crippen LogP contribution in [-0.2, 0) is 9.53 Å². The second-order valence-corrected chi connectivity index (χ2v) is 9.62. The lowest BCUT2D eigenvalue weighted by Crippen LogP contribution is -2.40. The minimum atomic E-state index is -0.834. The Balaban J connectivity index is 1.95. The van der Waals surface area contributed by atoms with Crippen LogP contribution in [0.15, 0.2) is 49.7 Å². The number of hydrogen-bond acceptors (Lipinski definition) is 10. The van der Waals surface area contributed by atoms with Gasteiger partial charge in [0, 0.05) is 25.2 Å². The molecule has 0 unspecified atom stereocenters. The van der Waals surface area contributed by atoms with Gasteiger partial charge in [-0.1, -0.05) is 11.3 Å².